The second kappa shape index (κ2) is 8.83. The van der Waals surface area contributed by atoms with Crippen molar-refractivity contribution in [3.8, 4) is 0 Å². The van der Waals surface area contributed by atoms with E-state index in [0.717, 1.165) is 29.1 Å². The van der Waals surface area contributed by atoms with Gasteiger partial charge in [0.1, 0.15) is 0 Å². The summed E-state index contributed by atoms with van der Waals surface area (Å²) in [5.41, 5.74) is 2.58. The van der Waals surface area contributed by atoms with Crippen LogP contribution in [0.5, 0.6) is 0 Å². The highest BCUT2D eigenvalue weighted by atomic mass is 32.2. The van der Waals surface area contributed by atoms with Crippen LogP contribution in [-0.2, 0) is 28.7 Å². The zero-order valence-electron chi connectivity index (χ0n) is 16.0. The Morgan fingerprint density at radius 3 is 2.54 bits per heavy atom. The highest BCUT2D eigenvalue weighted by Gasteiger charge is 2.06. The number of pyridine rings is 1. The predicted octanol–water partition coefficient (Wildman–Crippen LogP) is 1.53. The van der Waals surface area contributed by atoms with Crippen LogP contribution >= 0.6 is 0 Å². The van der Waals surface area contributed by atoms with Crippen LogP contribution in [0.2, 0.25) is 0 Å². The number of aromatic nitrogens is 3. The van der Waals surface area contributed by atoms with Crippen molar-refractivity contribution in [1.82, 2.24) is 25.2 Å². The van der Waals surface area contributed by atoms with Crippen molar-refractivity contribution >= 4 is 21.4 Å². The zero-order valence-corrected chi connectivity index (χ0v) is 16.8. The summed E-state index contributed by atoms with van der Waals surface area (Å²) in [6.45, 7) is 3.71. The summed E-state index contributed by atoms with van der Waals surface area (Å²) in [5.74, 6) is 1.52. The number of aliphatic imine (C=N–C) groups is 1. The van der Waals surface area contributed by atoms with E-state index in [4.69, 9.17) is 0 Å². The molecule has 148 valence electrons. The van der Waals surface area contributed by atoms with Gasteiger partial charge in [0.05, 0.1) is 18.8 Å². The highest BCUT2D eigenvalue weighted by molar-refractivity contribution is 7.89. The fraction of sp³-hybridized carbons (Fsp3) is 0.316. The van der Waals surface area contributed by atoms with Crippen molar-refractivity contribution in [2.24, 2.45) is 4.99 Å². The molecule has 1 aromatic carbocycles. The summed E-state index contributed by atoms with van der Waals surface area (Å²) in [6, 6.07) is 13.2. The van der Waals surface area contributed by atoms with Crippen molar-refractivity contribution in [2.75, 3.05) is 12.8 Å². The SMILES string of the molecule is CCNC(=NCc1ccc(CS(C)(=O)=O)cc1)NCc1nnc2ccccn12. The van der Waals surface area contributed by atoms with E-state index in [2.05, 4.69) is 25.8 Å². The zero-order chi connectivity index (χ0) is 20.0. The van der Waals surface area contributed by atoms with Crippen LogP contribution in [0.1, 0.15) is 23.9 Å². The number of hydrogen-bond donors (Lipinski definition) is 2. The lowest BCUT2D eigenvalue weighted by molar-refractivity contribution is 0.601. The van der Waals surface area contributed by atoms with Crippen LogP contribution in [0, 0.1) is 0 Å². The first-order chi connectivity index (χ1) is 13.4. The minimum absolute atomic E-state index is 0.0487. The van der Waals surface area contributed by atoms with Gasteiger partial charge in [-0.3, -0.25) is 4.40 Å². The van der Waals surface area contributed by atoms with Gasteiger partial charge in [0.2, 0.25) is 0 Å². The molecule has 0 spiro atoms. The van der Waals surface area contributed by atoms with E-state index in [0.29, 0.717) is 19.0 Å². The van der Waals surface area contributed by atoms with Crippen LogP contribution < -0.4 is 10.6 Å². The van der Waals surface area contributed by atoms with Gasteiger partial charge in [-0.15, -0.1) is 10.2 Å². The summed E-state index contributed by atoms with van der Waals surface area (Å²) >= 11 is 0. The Morgan fingerprint density at radius 1 is 1.07 bits per heavy atom. The molecule has 3 aromatic rings. The third-order valence-corrected chi connectivity index (χ3v) is 4.87. The summed E-state index contributed by atoms with van der Waals surface area (Å²) in [7, 11) is -3.03. The van der Waals surface area contributed by atoms with Gasteiger partial charge in [0.25, 0.3) is 0 Å². The third kappa shape index (κ3) is 5.53. The second-order valence-electron chi connectivity index (χ2n) is 6.48. The first kappa shape index (κ1) is 19.8. The number of nitrogens with zero attached hydrogens (tertiary/aromatic N) is 4. The summed E-state index contributed by atoms with van der Waals surface area (Å²) in [5, 5.41) is 14.8. The van der Waals surface area contributed by atoms with E-state index >= 15 is 0 Å². The lowest BCUT2D eigenvalue weighted by Gasteiger charge is -2.10. The molecule has 3 rings (SSSR count). The largest absolute Gasteiger partial charge is 0.357 e. The minimum atomic E-state index is -3.03. The van der Waals surface area contributed by atoms with Gasteiger partial charge < -0.3 is 10.6 Å². The van der Waals surface area contributed by atoms with Gasteiger partial charge >= 0.3 is 0 Å². The fourth-order valence-electron chi connectivity index (χ4n) is 2.73. The average Bonchev–Trinajstić information content (AvgIpc) is 3.07. The van der Waals surface area contributed by atoms with E-state index in [-0.39, 0.29) is 5.75 Å². The van der Waals surface area contributed by atoms with Gasteiger partial charge in [-0.1, -0.05) is 30.3 Å². The maximum absolute atomic E-state index is 11.4. The van der Waals surface area contributed by atoms with Crippen LogP contribution in [0.15, 0.2) is 53.7 Å². The number of benzene rings is 1. The van der Waals surface area contributed by atoms with Crippen LogP contribution in [0.4, 0.5) is 0 Å². The summed E-state index contributed by atoms with van der Waals surface area (Å²) in [6.07, 6.45) is 3.16. The monoisotopic (exact) mass is 400 g/mol. The van der Waals surface area contributed by atoms with Gasteiger partial charge in [-0.25, -0.2) is 13.4 Å². The maximum atomic E-state index is 11.4. The number of nitrogens with one attached hydrogen (secondary N) is 2. The number of rotatable bonds is 7. The Kier molecular flexibility index (Phi) is 6.25. The van der Waals surface area contributed by atoms with Crippen molar-refractivity contribution in [1.29, 1.82) is 0 Å². The van der Waals surface area contributed by atoms with E-state index < -0.39 is 9.84 Å². The van der Waals surface area contributed by atoms with E-state index in [1.807, 2.05) is 60.0 Å². The van der Waals surface area contributed by atoms with Crippen LogP contribution in [0.25, 0.3) is 5.65 Å². The third-order valence-electron chi connectivity index (χ3n) is 4.01. The Bertz CT molecular complexity index is 1060. The highest BCUT2D eigenvalue weighted by Crippen LogP contribution is 2.09. The molecular weight excluding hydrogens is 376 g/mol. The van der Waals surface area contributed by atoms with Gasteiger partial charge in [-0.2, -0.15) is 0 Å². The lowest BCUT2D eigenvalue weighted by atomic mass is 10.1. The number of hydrogen-bond acceptors (Lipinski definition) is 5. The molecule has 0 radical (unpaired) electrons. The molecule has 0 saturated heterocycles. The summed E-state index contributed by atoms with van der Waals surface area (Å²) < 4.78 is 24.7. The Balaban J connectivity index is 1.64. The first-order valence-electron chi connectivity index (χ1n) is 9.01. The smallest absolute Gasteiger partial charge is 0.191 e. The Hall–Kier alpha value is -2.94. The van der Waals surface area contributed by atoms with Gasteiger partial charge in [-0.05, 0) is 30.2 Å². The van der Waals surface area contributed by atoms with Crippen molar-refractivity contribution < 1.29 is 8.42 Å². The maximum Gasteiger partial charge on any atom is 0.191 e. The number of sulfone groups is 1. The molecule has 28 heavy (non-hydrogen) atoms. The van der Waals surface area contributed by atoms with Crippen molar-refractivity contribution in [3.63, 3.8) is 0 Å². The molecule has 0 aliphatic rings. The molecule has 0 saturated carbocycles. The molecule has 2 N–H and O–H groups in total. The molecule has 0 bridgehead atoms. The molecule has 0 unspecified atom stereocenters. The molecule has 8 nitrogen and oxygen atoms in total. The Morgan fingerprint density at radius 2 is 1.82 bits per heavy atom. The molecule has 9 heteroatoms. The van der Waals surface area contributed by atoms with Crippen LogP contribution in [-0.4, -0.2) is 41.8 Å². The minimum Gasteiger partial charge on any atom is -0.357 e. The first-order valence-corrected chi connectivity index (χ1v) is 11.1. The normalized spacial score (nSPS) is 12.3. The quantitative estimate of drug-likeness (QED) is 0.461. The van der Waals surface area contributed by atoms with Gasteiger partial charge in [0, 0.05) is 19.0 Å². The predicted molar refractivity (Wildman–Crippen MR) is 110 cm³/mol. The van der Waals surface area contributed by atoms with Crippen LogP contribution in [0.3, 0.4) is 0 Å². The molecule has 2 aromatic heterocycles. The second-order valence-corrected chi connectivity index (χ2v) is 8.62. The molecule has 0 aliphatic heterocycles. The number of fused-ring (bicyclic) bond motifs is 1. The molecule has 0 fully saturated rings. The van der Waals surface area contributed by atoms with Gasteiger partial charge in [0.15, 0.2) is 27.3 Å². The molecule has 0 amide bonds. The van der Waals surface area contributed by atoms with E-state index in [9.17, 15) is 8.42 Å². The molecule has 2 heterocycles. The standard InChI is InChI=1S/C19H24N6O2S/c1-3-20-19(22-13-18-24-23-17-6-4-5-11-25(17)18)21-12-15-7-9-16(10-8-15)14-28(2,26)27/h4-11H,3,12-14H2,1-2H3,(H2,20,21,22). The van der Waals surface area contributed by atoms with E-state index in [1.54, 1.807) is 0 Å². The summed E-state index contributed by atoms with van der Waals surface area (Å²) in [4.78, 5) is 4.59. The molecule has 0 atom stereocenters. The average molecular weight is 401 g/mol. The topological polar surface area (TPSA) is 101 Å². The Labute approximate surface area is 164 Å². The molecular formula is C19H24N6O2S. The van der Waals surface area contributed by atoms with Crippen molar-refractivity contribution in [2.45, 2.75) is 25.8 Å². The van der Waals surface area contributed by atoms with Crippen molar-refractivity contribution in [3.05, 3.63) is 65.6 Å². The van der Waals surface area contributed by atoms with E-state index in [1.165, 1.54) is 6.26 Å². The molecule has 0 aliphatic carbocycles. The lowest BCUT2D eigenvalue weighted by Crippen LogP contribution is -2.37. The number of guanidine groups is 1. The fourth-order valence-corrected chi connectivity index (χ4v) is 3.53.